The van der Waals surface area contributed by atoms with Crippen LogP contribution >= 0.6 is 11.8 Å². The first-order chi connectivity index (χ1) is 16.5. The van der Waals surface area contributed by atoms with Crippen LogP contribution in [0.4, 0.5) is 0 Å². The molecule has 0 aliphatic rings. The maximum atomic E-state index is 4.94. The fraction of sp³-hybridized carbons (Fsp3) is 0.286. The van der Waals surface area contributed by atoms with Crippen molar-refractivity contribution in [1.29, 1.82) is 0 Å². The maximum absolute atomic E-state index is 4.94. The predicted molar refractivity (Wildman–Crippen MR) is 142 cm³/mol. The number of hydrogen-bond donors (Lipinski definition) is 0. The highest BCUT2D eigenvalue weighted by atomic mass is 32.2. The molecule has 0 atom stereocenters. The molecule has 5 nitrogen and oxygen atoms in total. The molecule has 0 bridgehead atoms. The number of nitrogens with zero attached hydrogens (tertiary/aromatic N) is 5. The standard InChI is InChI=1S/C28H31N5S/c1-20-13-14-26(21(2)17-20)34-16-15-33(18-27-29-22-9-5-7-11-24(22)31(27)3)19-28-30-23-10-6-8-12-25(23)32(28)4/h5-14,17H,15-16,18-19H2,1-4H3. The molecule has 0 unspecified atom stereocenters. The molecule has 0 aliphatic carbocycles. The molecular formula is C28H31N5S. The van der Waals surface area contributed by atoms with E-state index in [-0.39, 0.29) is 0 Å². The summed E-state index contributed by atoms with van der Waals surface area (Å²) in [6, 6.07) is 23.4. The van der Waals surface area contributed by atoms with Gasteiger partial charge in [0.15, 0.2) is 0 Å². The molecule has 3 aromatic carbocycles. The van der Waals surface area contributed by atoms with E-state index in [9.17, 15) is 0 Å². The molecule has 174 valence electrons. The van der Waals surface area contributed by atoms with Gasteiger partial charge in [-0.3, -0.25) is 4.90 Å². The number of aryl methyl sites for hydroxylation is 4. The first-order valence-corrected chi connectivity index (χ1v) is 12.7. The highest BCUT2D eigenvalue weighted by Crippen LogP contribution is 2.24. The number of hydrogen-bond acceptors (Lipinski definition) is 4. The second-order valence-corrected chi connectivity index (χ2v) is 10.1. The van der Waals surface area contributed by atoms with Crippen LogP contribution < -0.4 is 0 Å². The molecule has 6 heteroatoms. The van der Waals surface area contributed by atoms with Crippen molar-refractivity contribution in [3.8, 4) is 0 Å². The van der Waals surface area contributed by atoms with Gasteiger partial charge in [-0.1, -0.05) is 42.0 Å². The monoisotopic (exact) mass is 469 g/mol. The van der Waals surface area contributed by atoms with Crippen molar-refractivity contribution in [3.63, 3.8) is 0 Å². The zero-order valence-electron chi connectivity index (χ0n) is 20.3. The first-order valence-electron chi connectivity index (χ1n) is 11.7. The number of para-hydroxylation sites is 4. The lowest BCUT2D eigenvalue weighted by Gasteiger charge is -2.22. The summed E-state index contributed by atoms with van der Waals surface area (Å²) in [7, 11) is 4.23. The summed E-state index contributed by atoms with van der Waals surface area (Å²) in [6.45, 7) is 6.86. The van der Waals surface area contributed by atoms with Crippen LogP contribution in [0.1, 0.15) is 22.8 Å². The van der Waals surface area contributed by atoms with Gasteiger partial charge in [0, 0.05) is 31.3 Å². The Kier molecular flexibility index (Phi) is 6.44. The van der Waals surface area contributed by atoms with Crippen molar-refractivity contribution in [1.82, 2.24) is 24.0 Å². The van der Waals surface area contributed by atoms with Crippen LogP contribution in [0, 0.1) is 13.8 Å². The Morgan fingerprint density at radius 3 is 1.85 bits per heavy atom. The van der Waals surface area contributed by atoms with Gasteiger partial charge in [0.05, 0.1) is 35.2 Å². The number of rotatable bonds is 8. The summed E-state index contributed by atoms with van der Waals surface area (Å²) >= 11 is 1.93. The van der Waals surface area contributed by atoms with Crippen molar-refractivity contribution >= 4 is 33.8 Å². The minimum Gasteiger partial charge on any atom is -0.330 e. The zero-order chi connectivity index (χ0) is 23.7. The number of aromatic nitrogens is 4. The SMILES string of the molecule is Cc1ccc(SCCN(Cc2nc3ccccc3n2C)Cc2nc3ccccc3n2C)c(C)c1. The molecule has 0 saturated carbocycles. The van der Waals surface area contributed by atoms with E-state index in [0.29, 0.717) is 0 Å². The molecule has 0 N–H and O–H groups in total. The van der Waals surface area contributed by atoms with Gasteiger partial charge in [-0.2, -0.15) is 0 Å². The first kappa shape index (κ1) is 22.7. The lowest BCUT2D eigenvalue weighted by molar-refractivity contribution is 0.256. The van der Waals surface area contributed by atoms with Crippen LogP contribution in [-0.4, -0.2) is 36.3 Å². The highest BCUT2D eigenvalue weighted by Gasteiger charge is 2.16. The summed E-state index contributed by atoms with van der Waals surface area (Å²) < 4.78 is 4.43. The van der Waals surface area contributed by atoms with Crippen molar-refractivity contribution < 1.29 is 0 Å². The molecular weight excluding hydrogens is 438 g/mol. The molecule has 2 aromatic heterocycles. The average molecular weight is 470 g/mol. The van der Waals surface area contributed by atoms with E-state index in [4.69, 9.17) is 9.97 Å². The third kappa shape index (κ3) is 4.61. The van der Waals surface area contributed by atoms with Gasteiger partial charge in [-0.15, -0.1) is 11.8 Å². The Morgan fingerprint density at radius 1 is 0.765 bits per heavy atom. The van der Waals surface area contributed by atoms with Crippen molar-refractivity contribution in [2.75, 3.05) is 12.3 Å². The van der Waals surface area contributed by atoms with Crippen LogP contribution in [0.3, 0.4) is 0 Å². The Labute approximate surface area is 205 Å². The van der Waals surface area contributed by atoms with E-state index >= 15 is 0 Å². The smallest absolute Gasteiger partial charge is 0.123 e. The van der Waals surface area contributed by atoms with Gasteiger partial charge in [-0.05, 0) is 49.7 Å². The lowest BCUT2D eigenvalue weighted by Crippen LogP contribution is -2.28. The highest BCUT2D eigenvalue weighted by molar-refractivity contribution is 7.99. The molecule has 0 amide bonds. The minimum atomic E-state index is 0.780. The van der Waals surface area contributed by atoms with Crippen LogP contribution in [0.15, 0.2) is 71.6 Å². The Balaban J connectivity index is 1.39. The predicted octanol–water partition coefficient (Wildman–Crippen LogP) is 5.87. The maximum Gasteiger partial charge on any atom is 0.123 e. The topological polar surface area (TPSA) is 38.9 Å². The quantitative estimate of drug-likeness (QED) is 0.266. The number of imidazole rings is 2. The molecule has 0 aliphatic heterocycles. The van der Waals surface area contributed by atoms with Gasteiger partial charge < -0.3 is 9.13 Å². The van der Waals surface area contributed by atoms with Crippen LogP contribution in [0.5, 0.6) is 0 Å². The van der Waals surface area contributed by atoms with Crippen molar-refractivity contribution in [3.05, 3.63) is 89.5 Å². The minimum absolute atomic E-state index is 0.780. The fourth-order valence-corrected chi connectivity index (χ4v) is 5.55. The van der Waals surface area contributed by atoms with E-state index in [2.05, 4.69) is 109 Å². The van der Waals surface area contributed by atoms with Gasteiger partial charge in [0.1, 0.15) is 11.6 Å². The third-order valence-corrected chi connectivity index (χ3v) is 7.64. The van der Waals surface area contributed by atoms with Gasteiger partial charge >= 0.3 is 0 Å². The summed E-state index contributed by atoms with van der Waals surface area (Å²) in [5.74, 6) is 3.17. The molecule has 0 spiro atoms. The van der Waals surface area contributed by atoms with E-state index in [0.717, 1.165) is 48.1 Å². The van der Waals surface area contributed by atoms with Gasteiger partial charge in [0.25, 0.3) is 0 Å². The molecule has 5 aromatic rings. The van der Waals surface area contributed by atoms with Crippen molar-refractivity contribution in [2.24, 2.45) is 14.1 Å². The molecule has 0 saturated heterocycles. The van der Waals surface area contributed by atoms with E-state index in [1.807, 2.05) is 11.8 Å². The number of benzene rings is 3. The molecule has 0 radical (unpaired) electrons. The average Bonchev–Trinajstić information content (AvgIpc) is 3.32. The molecule has 2 heterocycles. The van der Waals surface area contributed by atoms with Gasteiger partial charge in [-0.25, -0.2) is 9.97 Å². The van der Waals surface area contributed by atoms with Crippen LogP contribution in [0.25, 0.3) is 22.1 Å². The van der Waals surface area contributed by atoms with E-state index < -0.39 is 0 Å². The molecule has 0 fully saturated rings. The molecule has 5 rings (SSSR count). The third-order valence-electron chi connectivity index (χ3n) is 6.49. The zero-order valence-corrected chi connectivity index (χ0v) is 21.1. The second-order valence-electron chi connectivity index (χ2n) is 8.98. The summed E-state index contributed by atoms with van der Waals surface area (Å²) in [4.78, 5) is 13.7. The normalized spacial score (nSPS) is 11.8. The van der Waals surface area contributed by atoms with Crippen LogP contribution in [0.2, 0.25) is 0 Å². The Bertz CT molecular complexity index is 1370. The fourth-order valence-electron chi connectivity index (χ4n) is 4.53. The van der Waals surface area contributed by atoms with E-state index in [1.165, 1.54) is 27.1 Å². The Morgan fingerprint density at radius 2 is 1.32 bits per heavy atom. The Hall–Kier alpha value is -3.09. The lowest BCUT2D eigenvalue weighted by atomic mass is 10.2. The van der Waals surface area contributed by atoms with Crippen LogP contribution in [-0.2, 0) is 27.2 Å². The van der Waals surface area contributed by atoms with Crippen molar-refractivity contribution in [2.45, 2.75) is 31.8 Å². The molecule has 34 heavy (non-hydrogen) atoms. The van der Waals surface area contributed by atoms with Gasteiger partial charge in [0.2, 0.25) is 0 Å². The number of fused-ring (bicyclic) bond motifs is 2. The summed E-state index contributed by atoms with van der Waals surface area (Å²) in [5, 5.41) is 0. The second kappa shape index (κ2) is 9.65. The summed E-state index contributed by atoms with van der Waals surface area (Å²) in [6.07, 6.45) is 0. The summed E-state index contributed by atoms with van der Waals surface area (Å²) in [5.41, 5.74) is 7.10. The largest absolute Gasteiger partial charge is 0.330 e. The number of thioether (sulfide) groups is 1. The van der Waals surface area contributed by atoms with E-state index in [1.54, 1.807) is 0 Å².